The molecule has 6 rings (SSSR count). The van der Waals surface area contributed by atoms with Gasteiger partial charge in [-0.25, -0.2) is 9.79 Å². The molecule has 0 N–H and O–H groups in total. The third-order valence-electron chi connectivity index (χ3n) is 7.06. The van der Waals surface area contributed by atoms with Gasteiger partial charge >= 0.3 is 5.97 Å². The maximum Gasteiger partial charge on any atom is 0.338 e. The number of hydrogen-bond acceptors (Lipinski definition) is 7. The molecule has 10 heteroatoms. The van der Waals surface area contributed by atoms with Gasteiger partial charge in [0.15, 0.2) is 4.80 Å². The Morgan fingerprint density at radius 3 is 2.33 bits per heavy atom. The second kappa shape index (κ2) is 11.3. The van der Waals surface area contributed by atoms with Gasteiger partial charge < -0.3 is 4.74 Å². The normalized spacial score (nSPS) is 18.5. The molecule has 0 saturated heterocycles. The van der Waals surface area contributed by atoms with E-state index in [4.69, 9.17) is 21.3 Å². The molecule has 1 aromatic heterocycles. The SMILES string of the molecule is CCOC(=O)C1=C(c2ccccc2)N=c2s/c(=C/[C@@H]3C(=O)N(c4ccccc4)N=C3C)c(=O)n2[C@H]1c1ccc(Cl)cc1. The van der Waals surface area contributed by atoms with Gasteiger partial charge in [0.25, 0.3) is 11.5 Å². The molecular weight excluding hydrogens is 572 g/mol. The molecule has 210 valence electrons. The number of anilines is 1. The topological polar surface area (TPSA) is 93.3 Å². The number of hydrogen-bond donors (Lipinski definition) is 0. The van der Waals surface area contributed by atoms with Gasteiger partial charge in [0.05, 0.1) is 39.9 Å². The number of thiazole rings is 1. The van der Waals surface area contributed by atoms with E-state index in [1.54, 1.807) is 56.3 Å². The predicted octanol–water partition coefficient (Wildman–Crippen LogP) is 4.58. The van der Waals surface area contributed by atoms with Gasteiger partial charge in [-0.2, -0.15) is 10.1 Å². The van der Waals surface area contributed by atoms with Crippen molar-refractivity contribution in [2.24, 2.45) is 16.0 Å². The summed E-state index contributed by atoms with van der Waals surface area (Å²) in [6.45, 7) is 3.65. The largest absolute Gasteiger partial charge is 0.463 e. The molecule has 4 aromatic rings. The molecule has 0 radical (unpaired) electrons. The zero-order valence-corrected chi connectivity index (χ0v) is 24.3. The predicted molar refractivity (Wildman–Crippen MR) is 164 cm³/mol. The zero-order valence-electron chi connectivity index (χ0n) is 22.7. The number of fused-ring (bicyclic) bond motifs is 1. The Kier molecular flexibility index (Phi) is 7.45. The molecule has 0 saturated carbocycles. The summed E-state index contributed by atoms with van der Waals surface area (Å²) >= 11 is 7.36. The number of nitrogens with zero attached hydrogens (tertiary/aromatic N) is 4. The summed E-state index contributed by atoms with van der Waals surface area (Å²) in [6.07, 6.45) is 1.64. The standard InChI is InChI=1S/C32H25ClN4O4S/c1-3-41-31(40)26-27(20-10-6-4-7-11-20)34-32-36(28(26)21-14-16-22(33)17-15-21)30(39)25(42-32)18-24-19(2)35-37(29(24)38)23-12-8-5-9-13-23/h4-18,24,28H,3H2,1-2H3/b25-18+/t24-,28-/m0/s1. The summed E-state index contributed by atoms with van der Waals surface area (Å²) in [7, 11) is 0. The third kappa shape index (κ3) is 4.91. The molecule has 0 spiro atoms. The Morgan fingerprint density at radius 2 is 1.67 bits per heavy atom. The number of halogens is 1. The van der Waals surface area contributed by atoms with E-state index in [0.717, 1.165) is 0 Å². The number of carbonyl (C=O) groups is 2. The summed E-state index contributed by atoms with van der Waals surface area (Å²) in [5, 5.41) is 6.35. The quantitative estimate of drug-likeness (QED) is 0.305. The maximum absolute atomic E-state index is 14.1. The minimum absolute atomic E-state index is 0.155. The molecule has 0 fully saturated rings. The Balaban J connectivity index is 1.55. The summed E-state index contributed by atoms with van der Waals surface area (Å²) < 4.78 is 7.32. The minimum Gasteiger partial charge on any atom is -0.463 e. The van der Waals surface area contributed by atoms with Crippen LogP contribution >= 0.6 is 22.9 Å². The van der Waals surface area contributed by atoms with Crippen LogP contribution in [-0.4, -0.2) is 28.8 Å². The van der Waals surface area contributed by atoms with Gasteiger partial charge in [-0.1, -0.05) is 83.6 Å². The van der Waals surface area contributed by atoms with E-state index in [9.17, 15) is 14.4 Å². The number of amides is 1. The van der Waals surface area contributed by atoms with Crippen molar-refractivity contribution in [2.45, 2.75) is 19.9 Å². The van der Waals surface area contributed by atoms with Crippen molar-refractivity contribution in [3.05, 3.63) is 126 Å². The van der Waals surface area contributed by atoms with Gasteiger partial charge in [0.1, 0.15) is 5.92 Å². The van der Waals surface area contributed by atoms with Gasteiger partial charge in [0, 0.05) is 10.6 Å². The molecule has 3 aromatic carbocycles. The van der Waals surface area contributed by atoms with Gasteiger partial charge in [0.2, 0.25) is 0 Å². The first-order chi connectivity index (χ1) is 20.4. The fraction of sp³-hybridized carbons (Fsp3) is 0.156. The fourth-order valence-electron chi connectivity index (χ4n) is 5.09. The van der Waals surface area contributed by atoms with Crippen LogP contribution in [-0.2, 0) is 14.3 Å². The number of esters is 1. The highest BCUT2D eigenvalue weighted by atomic mass is 35.5. The number of ether oxygens (including phenoxy) is 1. The van der Waals surface area contributed by atoms with Gasteiger partial charge in [-0.15, -0.1) is 0 Å². The molecule has 0 unspecified atom stereocenters. The molecular formula is C32H25ClN4O4S. The lowest BCUT2D eigenvalue weighted by atomic mass is 9.93. The average Bonchev–Trinajstić information content (AvgIpc) is 3.48. The van der Waals surface area contributed by atoms with Crippen molar-refractivity contribution in [2.75, 3.05) is 11.6 Å². The van der Waals surface area contributed by atoms with E-state index in [1.165, 1.54) is 20.9 Å². The van der Waals surface area contributed by atoms with Crippen molar-refractivity contribution in [3.8, 4) is 0 Å². The summed E-state index contributed by atoms with van der Waals surface area (Å²) in [5.74, 6) is -1.54. The van der Waals surface area contributed by atoms with E-state index >= 15 is 0 Å². The zero-order chi connectivity index (χ0) is 29.4. The van der Waals surface area contributed by atoms with Crippen LogP contribution in [0.1, 0.15) is 31.0 Å². The van der Waals surface area contributed by atoms with Gasteiger partial charge in [-0.3, -0.25) is 14.2 Å². The molecule has 8 nitrogen and oxygen atoms in total. The number of para-hydroxylation sites is 1. The first kappa shape index (κ1) is 27.6. The number of hydrazone groups is 1. The Labute approximate surface area is 250 Å². The summed E-state index contributed by atoms with van der Waals surface area (Å²) in [4.78, 5) is 46.3. The van der Waals surface area contributed by atoms with E-state index in [-0.39, 0.29) is 23.6 Å². The second-order valence-electron chi connectivity index (χ2n) is 9.71. The molecule has 2 atom stereocenters. The van der Waals surface area contributed by atoms with Crippen LogP contribution in [0.3, 0.4) is 0 Å². The minimum atomic E-state index is -0.829. The number of benzene rings is 3. The Morgan fingerprint density at radius 1 is 1.00 bits per heavy atom. The van der Waals surface area contributed by atoms with Crippen molar-refractivity contribution in [1.29, 1.82) is 0 Å². The lowest BCUT2D eigenvalue weighted by Crippen LogP contribution is -2.40. The molecule has 0 bridgehead atoms. The van der Waals surface area contributed by atoms with Crippen molar-refractivity contribution < 1.29 is 14.3 Å². The van der Waals surface area contributed by atoms with E-state index in [0.29, 0.717) is 42.6 Å². The lowest BCUT2D eigenvalue weighted by molar-refractivity contribution is -0.138. The van der Waals surface area contributed by atoms with Crippen LogP contribution < -0.4 is 19.9 Å². The monoisotopic (exact) mass is 596 g/mol. The second-order valence-corrected chi connectivity index (χ2v) is 11.2. The van der Waals surface area contributed by atoms with Crippen LogP contribution in [0.2, 0.25) is 5.02 Å². The fourth-order valence-corrected chi connectivity index (χ4v) is 6.23. The summed E-state index contributed by atoms with van der Waals surface area (Å²) in [5.41, 5.74) is 2.90. The Bertz CT molecular complexity index is 1930. The van der Waals surface area contributed by atoms with Crippen LogP contribution in [0.25, 0.3) is 11.8 Å². The highest BCUT2D eigenvalue weighted by Gasteiger charge is 2.36. The first-order valence-electron chi connectivity index (χ1n) is 13.4. The molecule has 0 aliphatic carbocycles. The molecule has 1 amide bonds. The van der Waals surface area contributed by atoms with Crippen LogP contribution in [0.5, 0.6) is 0 Å². The lowest BCUT2D eigenvalue weighted by Gasteiger charge is -2.26. The molecule has 42 heavy (non-hydrogen) atoms. The maximum atomic E-state index is 14.1. The van der Waals surface area contributed by atoms with Crippen LogP contribution in [0, 0.1) is 5.92 Å². The van der Waals surface area contributed by atoms with E-state index in [2.05, 4.69) is 5.10 Å². The molecule has 3 heterocycles. The average molecular weight is 597 g/mol. The van der Waals surface area contributed by atoms with E-state index < -0.39 is 17.9 Å². The molecule has 2 aliphatic rings. The number of carbonyl (C=O) groups excluding carboxylic acids is 2. The highest BCUT2D eigenvalue weighted by molar-refractivity contribution is 7.07. The van der Waals surface area contributed by atoms with Crippen molar-refractivity contribution in [3.63, 3.8) is 0 Å². The van der Waals surface area contributed by atoms with E-state index in [1.807, 2.05) is 48.5 Å². The Hall–Kier alpha value is -4.60. The number of aromatic nitrogens is 1. The van der Waals surface area contributed by atoms with Crippen LogP contribution in [0.15, 0.2) is 105 Å². The van der Waals surface area contributed by atoms with Gasteiger partial charge in [-0.05, 0) is 49.8 Å². The smallest absolute Gasteiger partial charge is 0.338 e. The molecule has 2 aliphatic heterocycles. The highest BCUT2D eigenvalue weighted by Crippen LogP contribution is 2.35. The summed E-state index contributed by atoms with van der Waals surface area (Å²) in [6, 6.07) is 24.6. The third-order valence-corrected chi connectivity index (χ3v) is 8.31. The number of rotatable bonds is 6. The van der Waals surface area contributed by atoms with Crippen molar-refractivity contribution >= 4 is 58.0 Å². The van der Waals surface area contributed by atoms with Crippen LogP contribution in [0.4, 0.5) is 5.69 Å². The van der Waals surface area contributed by atoms with Crippen molar-refractivity contribution in [1.82, 2.24) is 4.57 Å². The first-order valence-corrected chi connectivity index (χ1v) is 14.5.